The second kappa shape index (κ2) is 2.07. The van der Waals surface area contributed by atoms with E-state index in [4.69, 9.17) is 11.5 Å². The fraction of sp³-hybridized carbons (Fsp3) is 0.750. The third-order valence-electron chi connectivity index (χ3n) is 2.75. The molecule has 2 aliphatic rings. The number of hydrogen-bond acceptors (Lipinski definition) is 2. The average molecular weight is 138 g/mol. The smallest absolute Gasteiger partial charge is 0.0746 e. The number of rotatable bonds is 1. The summed E-state index contributed by atoms with van der Waals surface area (Å²) in [6, 6.07) is 0. The summed E-state index contributed by atoms with van der Waals surface area (Å²) in [7, 11) is 0. The van der Waals surface area contributed by atoms with Gasteiger partial charge in [-0.05, 0) is 37.2 Å². The van der Waals surface area contributed by atoms with Gasteiger partial charge in [0.25, 0.3) is 0 Å². The van der Waals surface area contributed by atoms with E-state index in [0.717, 1.165) is 5.92 Å². The molecule has 56 valence electrons. The molecule has 4 N–H and O–H groups in total. The Hall–Kier alpha value is -0.340. The van der Waals surface area contributed by atoms with Crippen LogP contribution in [0.25, 0.3) is 0 Å². The first-order valence-corrected chi connectivity index (χ1v) is 3.99. The molecule has 10 heavy (non-hydrogen) atoms. The minimum atomic E-state index is -0.166. The second-order valence-corrected chi connectivity index (χ2v) is 3.47. The molecule has 2 bridgehead atoms. The highest BCUT2D eigenvalue weighted by molar-refractivity contribution is 5.28. The largest absolute Gasteiger partial charge is 0.313 e. The third kappa shape index (κ3) is 0.796. The Balaban J connectivity index is 2.22. The van der Waals surface area contributed by atoms with E-state index >= 15 is 0 Å². The van der Waals surface area contributed by atoms with Crippen molar-refractivity contribution in [2.45, 2.75) is 31.8 Å². The van der Waals surface area contributed by atoms with Crippen molar-refractivity contribution in [3.63, 3.8) is 0 Å². The summed E-state index contributed by atoms with van der Waals surface area (Å²) >= 11 is 0. The van der Waals surface area contributed by atoms with Crippen LogP contribution < -0.4 is 11.5 Å². The van der Waals surface area contributed by atoms with E-state index in [9.17, 15) is 0 Å². The summed E-state index contributed by atoms with van der Waals surface area (Å²) in [6.45, 7) is 0. The Labute approximate surface area is 61.3 Å². The van der Waals surface area contributed by atoms with Crippen LogP contribution >= 0.6 is 0 Å². The van der Waals surface area contributed by atoms with Crippen LogP contribution in [0.5, 0.6) is 0 Å². The molecule has 0 spiro atoms. The van der Waals surface area contributed by atoms with Crippen molar-refractivity contribution >= 4 is 0 Å². The van der Waals surface area contributed by atoms with Gasteiger partial charge < -0.3 is 11.5 Å². The zero-order valence-electron chi connectivity index (χ0n) is 6.14. The van der Waals surface area contributed by atoms with Crippen molar-refractivity contribution in [2.75, 3.05) is 0 Å². The first-order chi connectivity index (χ1) is 4.77. The topological polar surface area (TPSA) is 52.0 Å². The molecule has 0 amide bonds. The summed E-state index contributed by atoms with van der Waals surface area (Å²) in [5.41, 5.74) is 14.1. The number of fused-ring (bicyclic) bond motifs is 2. The molecule has 2 rings (SSSR count). The fourth-order valence-electron chi connectivity index (χ4n) is 2.22. The van der Waals surface area contributed by atoms with Crippen LogP contribution in [-0.2, 0) is 0 Å². The van der Waals surface area contributed by atoms with Crippen LogP contribution in [0.1, 0.15) is 25.7 Å². The van der Waals surface area contributed by atoms with Gasteiger partial charge in [-0.25, -0.2) is 0 Å². The zero-order chi connectivity index (χ0) is 7.14. The van der Waals surface area contributed by atoms with E-state index in [1.54, 1.807) is 5.57 Å². The molecule has 1 fully saturated rings. The van der Waals surface area contributed by atoms with Gasteiger partial charge in [0.15, 0.2) is 0 Å². The van der Waals surface area contributed by atoms with Crippen LogP contribution in [0.2, 0.25) is 0 Å². The lowest BCUT2D eigenvalue weighted by molar-refractivity contribution is 0.544. The van der Waals surface area contributed by atoms with Crippen molar-refractivity contribution < 1.29 is 0 Å². The van der Waals surface area contributed by atoms with E-state index < -0.39 is 0 Å². The van der Waals surface area contributed by atoms with Crippen molar-refractivity contribution in [3.8, 4) is 0 Å². The molecular weight excluding hydrogens is 124 g/mol. The molecule has 2 aliphatic carbocycles. The number of allylic oxidation sites excluding steroid dienone is 1. The molecule has 0 saturated heterocycles. The molecule has 0 heterocycles. The van der Waals surface area contributed by atoms with Gasteiger partial charge in [-0.3, -0.25) is 0 Å². The molecule has 2 heteroatoms. The minimum absolute atomic E-state index is 0.166. The third-order valence-corrected chi connectivity index (χ3v) is 2.75. The standard InChI is InChI=1S/C8H14N2/c9-8(10)7-4-5-1-2-6(7)3-5/h5,8H,1-4,9-10H2. The average Bonchev–Trinajstić information content (AvgIpc) is 2.44. The highest BCUT2D eigenvalue weighted by atomic mass is 14.9. The Kier molecular flexibility index (Phi) is 1.32. The maximum Gasteiger partial charge on any atom is 0.0746 e. The van der Waals surface area contributed by atoms with Gasteiger partial charge in [-0.2, -0.15) is 0 Å². The van der Waals surface area contributed by atoms with Gasteiger partial charge in [0, 0.05) is 0 Å². The summed E-state index contributed by atoms with van der Waals surface area (Å²) in [6.07, 6.45) is 4.96. The van der Waals surface area contributed by atoms with Crippen LogP contribution in [0.15, 0.2) is 11.1 Å². The minimum Gasteiger partial charge on any atom is -0.313 e. The predicted octanol–water partition coefficient (Wildman–Crippen LogP) is 0.730. The number of hydrogen-bond donors (Lipinski definition) is 2. The lowest BCUT2D eigenvalue weighted by Crippen LogP contribution is -2.33. The Morgan fingerprint density at radius 3 is 2.40 bits per heavy atom. The zero-order valence-corrected chi connectivity index (χ0v) is 6.14. The Morgan fingerprint density at radius 2 is 2.10 bits per heavy atom. The Bertz CT molecular complexity index is 182. The molecule has 0 aromatic heterocycles. The molecule has 0 aromatic rings. The van der Waals surface area contributed by atoms with Crippen LogP contribution in [-0.4, -0.2) is 6.17 Å². The van der Waals surface area contributed by atoms with Crippen molar-refractivity contribution in [1.82, 2.24) is 0 Å². The molecule has 2 nitrogen and oxygen atoms in total. The van der Waals surface area contributed by atoms with Crippen molar-refractivity contribution in [3.05, 3.63) is 11.1 Å². The lowest BCUT2D eigenvalue weighted by Gasteiger charge is -2.14. The highest BCUT2D eigenvalue weighted by Crippen LogP contribution is 2.44. The number of nitrogens with two attached hydrogens (primary N) is 2. The first-order valence-electron chi connectivity index (χ1n) is 3.99. The molecule has 0 radical (unpaired) electrons. The monoisotopic (exact) mass is 138 g/mol. The summed E-state index contributed by atoms with van der Waals surface area (Å²) in [5.74, 6) is 0.902. The second-order valence-electron chi connectivity index (χ2n) is 3.47. The summed E-state index contributed by atoms with van der Waals surface area (Å²) in [4.78, 5) is 0. The summed E-state index contributed by atoms with van der Waals surface area (Å²) < 4.78 is 0. The molecule has 1 unspecified atom stereocenters. The van der Waals surface area contributed by atoms with Crippen molar-refractivity contribution in [1.29, 1.82) is 0 Å². The molecular formula is C8H14N2. The Morgan fingerprint density at radius 1 is 1.30 bits per heavy atom. The normalized spacial score (nSPS) is 30.9. The van der Waals surface area contributed by atoms with E-state index in [2.05, 4.69) is 0 Å². The molecule has 0 aromatic carbocycles. The van der Waals surface area contributed by atoms with E-state index in [0.29, 0.717) is 0 Å². The maximum absolute atomic E-state index is 5.60. The van der Waals surface area contributed by atoms with Gasteiger partial charge in [0.2, 0.25) is 0 Å². The lowest BCUT2D eigenvalue weighted by atomic mass is 9.98. The predicted molar refractivity (Wildman–Crippen MR) is 41.1 cm³/mol. The van der Waals surface area contributed by atoms with Gasteiger partial charge in [-0.1, -0.05) is 5.57 Å². The van der Waals surface area contributed by atoms with Gasteiger partial charge in [0.1, 0.15) is 0 Å². The maximum atomic E-state index is 5.60. The molecule has 1 saturated carbocycles. The van der Waals surface area contributed by atoms with Crippen LogP contribution in [0, 0.1) is 5.92 Å². The van der Waals surface area contributed by atoms with Crippen molar-refractivity contribution in [2.24, 2.45) is 17.4 Å². The SMILES string of the molecule is NC(N)C1=C2CCC(C2)C1. The summed E-state index contributed by atoms with van der Waals surface area (Å²) in [5, 5.41) is 0. The van der Waals surface area contributed by atoms with E-state index in [1.807, 2.05) is 0 Å². The van der Waals surface area contributed by atoms with Gasteiger partial charge in [-0.15, -0.1) is 0 Å². The van der Waals surface area contributed by atoms with Crippen LogP contribution in [0.3, 0.4) is 0 Å². The first kappa shape index (κ1) is 6.38. The fourth-order valence-corrected chi connectivity index (χ4v) is 2.22. The highest BCUT2D eigenvalue weighted by Gasteiger charge is 2.31. The van der Waals surface area contributed by atoms with Crippen LogP contribution in [0.4, 0.5) is 0 Å². The van der Waals surface area contributed by atoms with E-state index in [1.165, 1.54) is 31.3 Å². The van der Waals surface area contributed by atoms with Gasteiger partial charge in [0.05, 0.1) is 6.17 Å². The molecule has 0 aliphatic heterocycles. The molecule has 1 atom stereocenters. The quantitative estimate of drug-likeness (QED) is 0.414. The van der Waals surface area contributed by atoms with Gasteiger partial charge >= 0.3 is 0 Å². The van der Waals surface area contributed by atoms with E-state index in [-0.39, 0.29) is 6.17 Å².